The Balaban J connectivity index is 1.54. The smallest absolute Gasteiger partial charge is 0.302 e. The van der Waals surface area contributed by atoms with Gasteiger partial charge < -0.3 is 19.5 Å². The first-order valence-electron chi connectivity index (χ1n) is 9.70. The molecule has 5 rings (SSSR count). The minimum atomic E-state index is -0.534. The van der Waals surface area contributed by atoms with Crippen molar-refractivity contribution in [3.8, 4) is 0 Å². The Hall–Kier alpha value is -3.39. The molecule has 0 radical (unpaired) electrons. The highest BCUT2D eigenvalue weighted by Gasteiger charge is 2.27. The third-order valence-corrected chi connectivity index (χ3v) is 6.56. The summed E-state index contributed by atoms with van der Waals surface area (Å²) in [5.41, 5.74) is 1.66. The number of nitrogens with one attached hydrogen (secondary N) is 2. The molecule has 0 saturated heterocycles. The SMILES string of the molecule is CNC(=O)c1c(NC(=O)c2cc3c(=O)c4ccccc4oc3o2)sc2c1CCCC2. The summed E-state index contributed by atoms with van der Waals surface area (Å²) >= 11 is 1.42. The van der Waals surface area contributed by atoms with Gasteiger partial charge in [0.1, 0.15) is 16.0 Å². The van der Waals surface area contributed by atoms with Crippen molar-refractivity contribution in [1.29, 1.82) is 0 Å². The second-order valence-corrected chi connectivity index (χ2v) is 8.29. The van der Waals surface area contributed by atoms with Gasteiger partial charge in [-0.25, -0.2) is 0 Å². The maximum absolute atomic E-state index is 12.9. The lowest BCUT2D eigenvalue weighted by atomic mass is 9.95. The van der Waals surface area contributed by atoms with Crippen LogP contribution in [-0.4, -0.2) is 18.9 Å². The number of rotatable bonds is 3. The monoisotopic (exact) mass is 422 g/mol. The van der Waals surface area contributed by atoms with Crippen LogP contribution in [0.25, 0.3) is 22.1 Å². The lowest BCUT2D eigenvalue weighted by Crippen LogP contribution is -2.22. The first-order chi connectivity index (χ1) is 14.6. The molecule has 0 aliphatic heterocycles. The number of aryl methyl sites for hydroxylation is 1. The molecule has 4 aromatic rings. The second-order valence-electron chi connectivity index (χ2n) is 7.19. The molecular formula is C22H18N2O5S. The van der Waals surface area contributed by atoms with E-state index in [1.54, 1.807) is 31.3 Å². The molecule has 7 nitrogen and oxygen atoms in total. The number of para-hydroxylation sites is 1. The van der Waals surface area contributed by atoms with Crippen LogP contribution in [0.2, 0.25) is 0 Å². The van der Waals surface area contributed by atoms with E-state index in [0.29, 0.717) is 21.5 Å². The number of benzene rings is 1. The number of carbonyl (C=O) groups excluding carboxylic acids is 2. The molecule has 3 heterocycles. The molecule has 2 N–H and O–H groups in total. The van der Waals surface area contributed by atoms with Crippen molar-refractivity contribution >= 4 is 50.3 Å². The van der Waals surface area contributed by atoms with E-state index in [9.17, 15) is 14.4 Å². The molecule has 0 atom stereocenters. The van der Waals surface area contributed by atoms with Crippen molar-refractivity contribution in [2.75, 3.05) is 12.4 Å². The van der Waals surface area contributed by atoms with Crippen molar-refractivity contribution in [1.82, 2.24) is 5.32 Å². The summed E-state index contributed by atoms with van der Waals surface area (Å²) in [5.74, 6) is -0.803. The zero-order valence-corrected chi connectivity index (χ0v) is 17.0. The highest BCUT2D eigenvalue weighted by Crippen LogP contribution is 2.38. The van der Waals surface area contributed by atoms with Gasteiger partial charge in [-0.2, -0.15) is 0 Å². The standard InChI is InChI=1S/C22H18N2O5S/c1-23-20(27)17-12-7-3-5-9-16(12)30-21(17)24-19(26)15-10-13-18(25)11-6-2-4-8-14(11)28-22(13)29-15/h2,4,6,8,10H,3,5,7,9H2,1H3,(H,23,27)(H,24,26). The summed E-state index contributed by atoms with van der Waals surface area (Å²) in [6, 6.07) is 8.23. The Bertz CT molecular complexity index is 1380. The second kappa shape index (κ2) is 7.14. The number of thiophene rings is 1. The molecule has 1 aromatic carbocycles. The van der Waals surface area contributed by atoms with E-state index >= 15 is 0 Å². The van der Waals surface area contributed by atoms with E-state index in [1.165, 1.54) is 17.4 Å². The average molecular weight is 422 g/mol. The van der Waals surface area contributed by atoms with Crippen molar-refractivity contribution in [3.63, 3.8) is 0 Å². The van der Waals surface area contributed by atoms with Gasteiger partial charge in [0.25, 0.3) is 11.8 Å². The normalized spacial score (nSPS) is 13.4. The van der Waals surface area contributed by atoms with E-state index in [2.05, 4.69) is 10.6 Å². The lowest BCUT2D eigenvalue weighted by molar-refractivity contribution is 0.0963. The number of hydrogen-bond acceptors (Lipinski definition) is 6. The van der Waals surface area contributed by atoms with Crippen LogP contribution in [0.4, 0.5) is 5.00 Å². The number of carbonyl (C=O) groups is 2. The summed E-state index contributed by atoms with van der Waals surface area (Å²) in [5, 5.41) is 6.58. The Morgan fingerprint density at radius 3 is 2.67 bits per heavy atom. The Morgan fingerprint density at radius 1 is 1.03 bits per heavy atom. The molecule has 2 amide bonds. The van der Waals surface area contributed by atoms with Crippen LogP contribution in [0.1, 0.15) is 44.2 Å². The molecule has 8 heteroatoms. The van der Waals surface area contributed by atoms with Gasteiger partial charge in [0, 0.05) is 18.0 Å². The van der Waals surface area contributed by atoms with Gasteiger partial charge in [0.05, 0.1) is 10.9 Å². The molecule has 152 valence electrons. The molecular weight excluding hydrogens is 404 g/mol. The van der Waals surface area contributed by atoms with Crippen molar-refractivity contribution < 1.29 is 18.4 Å². The molecule has 0 bridgehead atoms. The molecule has 30 heavy (non-hydrogen) atoms. The van der Waals surface area contributed by atoms with Crippen molar-refractivity contribution in [2.24, 2.45) is 0 Å². The molecule has 0 saturated carbocycles. The Kier molecular flexibility index (Phi) is 4.43. The predicted octanol–water partition coefficient (Wildman–Crippen LogP) is 4.09. The van der Waals surface area contributed by atoms with E-state index in [-0.39, 0.29) is 28.3 Å². The zero-order chi connectivity index (χ0) is 20.8. The fraction of sp³-hybridized carbons (Fsp3) is 0.227. The summed E-state index contributed by atoms with van der Waals surface area (Å²) in [6.45, 7) is 0. The summed E-state index contributed by atoms with van der Waals surface area (Å²) in [7, 11) is 1.57. The summed E-state index contributed by atoms with van der Waals surface area (Å²) < 4.78 is 11.2. The minimum absolute atomic E-state index is 0.000786. The van der Waals surface area contributed by atoms with Gasteiger partial charge in [0.2, 0.25) is 5.43 Å². The fourth-order valence-electron chi connectivity index (χ4n) is 3.89. The van der Waals surface area contributed by atoms with Gasteiger partial charge in [-0.05, 0) is 43.4 Å². The number of hydrogen-bond donors (Lipinski definition) is 2. The molecule has 1 aliphatic rings. The average Bonchev–Trinajstić information content (AvgIpc) is 3.35. The van der Waals surface area contributed by atoms with E-state index in [0.717, 1.165) is 36.1 Å². The quantitative estimate of drug-likeness (QED) is 0.518. The van der Waals surface area contributed by atoms with Crippen LogP contribution in [-0.2, 0) is 12.8 Å². The molecule has 0 unspecified atom stereocenters. The van der Waals surface area contributed by atoms with E-state index < -0.39 is 5.91 Å². The molecule has 0 fully saturated rings. The number of amides is 2. The molecule has 1 aliphatic carbocycles. The van der Waals surface area contributed by atoms with E-state index in [4.69, 9.17) is 8.83 Å². The zero-order valence-electron chi connectivity index (χ0n) is 16.2. The van der Waals surface area contributed by atoms with Crippen LogP contribution in [0.3, 0.4) is 0 Å². The maximum Gasteiger partial charge on any atom is 0.302 e. The van der Waals surface area contributed by atoms with Gasteiger partial charge in [-0.1, -0.05) is 12.1 Å². The summed E-state index contributed by atoms with van der Waals surface area (Å²) in [6.07, 6.45) is 3.81. The van der Waals surface area contributed by atoms with Gasteiger partial charge >= 0.3 is 5.78 Å². The fourth-order valence-corrected chi connectivity index (χ4v) is 5.17. The van der Waals surface area contributed by atoms with Crippen LogP contribution < -0.4 is 16.1 Å². The van der Waals surface area contributed by atoms with Crippen LogP contribution in [0, 0.1) is 0 Å². The van der Waals surface area contributed by atoms with Crippen molar-refractivity contribution in [3.05, 3.63) is 62.3 Å². The number of furan rings is 1. The lowest BCUT2D eigenvalue weighted by Gasteiger charge is -2.12. The van der Waals surface area contributed by atoms with Gasteiger partial charge in [-0.3, -0.25) is 14.4 Å². The van der Waals surface area contributed by atoms with Crippen molar-refractivity contribution in [2.45, 2.75) is 25.7 Å². The van der Waals surface area contributed by atoms with E-state index in [1.807, 2.05) is 0 Å². The number of fused-ring (bicyclic) bond motifs is 3. The topological polar surface area (TPSA) is 102 Å². The third kappa shape index (κ3) is 2.91. The Labute approximate surface area is 174 Å². The highest BCUT2D eigenvalue weighted by atomic mass is 32.1. The highest BCUT2D eigenvalue weighted by molar-refractivity contribution is 7.17. The largest absolute Gasteiger partial charge is 0.425 e. The first kappa shape index (κ1) is 18.6. The first-order valence-corrected chi connectivity index (χ1v) is 10.5. The molecule has 0 spiro atoms. The van der Waals surface area contributed by atoms with Gasteiger partial charge in [-0.15, -0.1) is 11.3 Å². The molecule has 3 aromatic heterocycles. The van der Waals surface area contributed by atoms with Crippen LogP contribution in [0.15, 0.2) is 44.0 Å². The number of anilines is 1. The Morgan fingerprint density at radius 2 is 1.83 bits per heavy atom. The summed E-state index contributed by atoms with van der Waals surface area (Å²) in [4.78, 5) is 39.2. The van der Waals surface area contributed by atoms with Crippen LogP contribution >= 0.6 is 11.3 Å². The third-order valence-electron chi connectivity index (χ3n) is 5.35. The maximum atomic E-state index is 12.9. The predicted molar refractivity (Wildman–Crippen MR) is 115 cm³/mol. The minimum Gasteiger partial charge on any atom is -0.425 e. The van der Waals surface area contributed by atoms with Gasteiger partial charge in [0.15, 0.2) is 5.76 Å². The van der Waals surface area contributed by atoms with Crippen LogP contribution in [0.5, 0.6) is 0 Å².